The molecule has 126 valence electrons. The van der Waals surface area contributed by atoms with Gasteiger partial charge >= 0.3 is 0 Å². The number of benzene rings is 1. The second-order valence-electron chi connectivity index (χ2n) is 6.00. The Labute approximate surface area is 143 Å². The number of hydrogen-bond donors (Lipinski definition) is 1. The standard InChI is InChI=1S/C17H23N3O2.ClH/c1-12(13-6-5-9-18-11-13)10-16-19-17(20-22-16)14-7-3-4-8-15(14)21-2;/h3-4,7-8,12-13,18H,5-6,9-11H2,1-2H3;1H. The maximum atomic E-state index is 5.44. The number of ether oxygens (including phenoxy) is 1. The highest BCUT2D eigenvalue weighted by atomic mass is 35.5. The topological polar surface area (TPSA) is 60.2 Å². The number of methoxy groups -OCH3 is 1. The first kappa shape index (κ1) is 17.8. The summed E-state index contributed by atoms with van der Waals surface area (Å²) in [7, 11) is 1.65. The normalized spacial score (nSPS) is 19.0. The highest BCUT2D eigenvalue weighted by Crippen LogP contribution is 2.28. The van der Waals surface area contributed by atoms with Crippen LogP contribution in [-0.2, 0) is 6.42 Å². The molecule has 1 aromatic carbocycles. The van der Waals surface area contributed by atoms with E-state index in [1.807, 2.05) is 24.3 Å². The molecule has 1 aliphatic rings. The van der Waals surface area contributed by atoms with Crippen LogP contribution in [-0.4, -0.2) is 30.3 Å². The molecule has 0 bridgehead atoms. The van der Waals surface area contributed by atoms with Gasteiger partial charge in [-0.2, -0.15) is 4.98 Å². The summed E-state index contributed by atoms with van der Waals surface area (Å²) in [5.41, 5.74) is 0.868. The SMILES string of the molecule is COc1ccccc1-c1noc(CC(C)C2CCCNC2)n1.Cl. The molecule has 0 saturated carbocycles. The average molecular weight is 338 g/mol. The van der Waals surface area contributed by atoms with Gasteiger partial charge in [-0.25, -0.2) is 0 Å². The molecule has 1 fully saturated rings. The number of rotatable bonds is 5. The summed E-state index contributed by atoms with van der Waals surface area (Å²) < 4.78 is 10.8. The van der Waals surface area contributed by atoms with Crippen molar-refractivity contribution in [2.45, 2.75) is 26.2 Å². The summed E-state index contributed by atoms with van der Waals surface area (Å²) in [4.78, 5) is 4.55. The van der Waals surface area contributed by atoms with Crippen molar-refractivity contribution in [2.24, 2.45) is 11.8 Å². The van der Waals surface area contributed by atoms with E-state index < -0.39 is 0 Å². The van der Waals surface area contributed by atoms with Crippen molar-refractivity contribution in [1.82, 2.24) is 15.5 Å². The van der Waals surface area contributed by atoms with Crippen molar-refractivity contribution in [1.29, 1.82) is 0 Å². The Balaban J connectivity index is 0.00000192. The van der Waals surface area contributed by atoms with Crippen LogP contribution in [0.25, 0.3) is 11.4 Å². The Bertz CT molecular complexity index is 611. The van der Waals surface area contributed by atoms with Crippen molar-refractivity contribution in [3.05, 3.63) is 30.2 Å². The van der Waals surface area contributed by atoms with Gasteiger partial charge in [-0.3, -0.25) is 0 Å². The van der Waals surface area contributed by atoms with E-state index in [1.54, 1.807) is 7.11 Å². The second kappa shape index (κ2) is 8.31. The van der Waals surface area contributed by atoms with Crippen LogP contribution in [0.1, 0.15) is 25.7 Å². The van der Waals surface area contributed by atoms with Gasteiger partial charge in [-0.05, 0) is 49.9 Å². The van der Waals surface area contributed by atoms with E-state index in [-0.39, 0.29) is 12.4 Å². The summed E-state index contributed by atoms with van der Waals surface area (Å²) in [6, 6.07) is 7.73. The lowest BCUT2D eigenvalue weighted by Gasteiger charge is -2.27. The molecule has 1 saturated heterocycles. The molecule has 5 nitrogen and oxygen atoms in total. The minimum Gasteiger partial charge on any atom is -0.496 e. The van der Waals surface area contributed by atoms with Gasteiger partial charge < -0.3 is 14.6 Å². The van der Waals surface area contributed by atoms with Crippen molar-refractivity contribution >= 4 is 12.4 Å². The van der Waals surface area contributed by atoms with Crippen LogP contribution in [0.15, 0.2) is 28.8 Å². The van der Waals surface area contributed by atoms with E-state index in [4.69, 9.17) is 9.26 Å². The first-order valence-corrected chi connectivity index (χ1v) is 7.94. The van der Waals surface area contributed by atoms with Gasteiger partial charge in [0, 0.05) is 6.42 Å². The Hall–Kier alpha value is -1.59. The number of piperidine rings is 1. The van der Waals surface area contributed by atoms with Crippen molar-refractivity contribution in [3.8, 4) is 17.1 Å². The Morgan fingerprint density at radius 1 is 1.39 bits per heavy atom. The van der Waals surface area contributed by atoms with E-state index in [1.165, 1.54) is 12.8 Å². The lowest BCUT2D eigenvalue weighted by Crippen LogP contribution is -2.33. The Kier molecular flexibility index (Phi) is 6.42. The number of nitrogens with one attached hydrogen (secondary N) is 1. The fraction of sp³-hybridized carbons (Fsp3) is 0.529. The number of hydrogen-bond acceptors (Lipinski definition) is 5. The summed E-state index contributed by atoms with van der Waals surface area (Å²) >= 11 is 0. The number of para-hydroxylation sites is 1. The first-order chi connectivity index (χ1) is 10.8. The predicted molar refractivity (Wildman–Crippen MR) is 92.0 cm³/mol. The zero-order valence-corrected chi connectivity index (χ0v) is 14.4. The van der Waals surface area contributed by atoms with Gasteiger partial charge in [0.15, 0.2) is 0 Å². The van der Waals surface area contributed by atoms with Crippen LogP contribution in [0.2, 0.25) is 0 Å². The highest BCUT2D eigenvalue weighted by molar-refractivity contribution is 5.85. The molecule has 2 aromatic rings. The number of aromatic nitrogens is 2. The molecule has 2 heterocycles. The fourth-order valence-corrected chi connectivity index (χ4v) is 3.08. The molecule has 1 N–H and O–H groups in total. The third-order valence-electron chi connectivity index (χ3n) is 4.45. The average Bonchev–Trinajstić information content (AvgIpc) is 3.04. The van der Waals surface area contributed by atoms with Crippen LogP contribution in [0.4, 0.5) is 0 Å². The molecule has 2 atom stereocenters. The number of nitrogens with zero attached hydrogens (tertiary/aromatic N) is 2. The molecule has 1 aromatic heterocycles. The van der Waals surface area contributed by atoms with Crippen LogP contribution in [0, 0.1) is 11.8 Å². The van der Waals surface area contributed by atoms with Crippen LogP contribution in [0.5, 0.6) is 5.75 Å². The summed E-state index contributed by atoms with van der Waals surface area (Å²) in [6.45, 7) is 4.50. The number of halogens is 1. The maximum absolute atomic E-state index is 5.44. The lowest BCUT2D eigenvalue weighted by atomic mass is 9.85. The van der Waals surface area contributed by atoms with E-state index in [0.29, 0.717) is 23.6 Å². The quantitative estimate of drug-likeness (QED) is 0.906. The molecule has 0 amide bonds. The van der Waals surface area contributed by atoms with Gasteiger partial charge in [0.05, 0.1) is 12.7 Å². The molecule has 0 aliphatic carbocycles. The minimum absolute atomic E-state index is 0. The molecule has 0 spiro atoms. The lowest BCUT2D eigenvalue weighted by molar-refractivity contribution is 0.257. The van der Waals surface area contributed by atoms with Crippen LogP contribution < -0.4 is 10.1 Å². The molecular weight excluding hydrogens is 314 g/mol. The third-order valence-corrected chi connectivity index (χ3v) is 4.45. The van der Waals surface area contributed by atoms with Crippen LogP contribution in [0.3, 0.4) is 0 Å². The van der Waals surface area contributed by atoms with Gasteiger partial charge in [0.25, 0.3) is 0 Å². The molecule has 6 heteroatoms. The largest absolute Gasteiger partial charge is 0.496 e. The zero-order chi connectivity index (χ0) is 15.4. The Morgan fingerprint density at radius 3 is 2.96 bits per heavy atom. The smallest absolute Gasteiger partial charge is 0.227 e. The highest BCUT2D eigenvalue weighted by Gasteiger charge is 2.22. The summed E-state index contributed by atoms with van der Waals surface area (Å²) in [5, 5.41) is 7.58. The first-order valence-electron chi connectivity index (χ1n) is 7.94. The predicted octanol–water partition coefficient (Wildman–Crippen LogP) is 3.35. The summed E-state index contributed by atoms with van der Waals surface area (Å²) in [6.07, 6.45) is 3.36. The van der Waals surface area contributed by atoms with Gasteiger partial charge in [0.1, 0.15) is 5.75 Å². The summed E-state index contributed by atoms with van der Waals surface area (Å²) in [5.74, 6) is 3.30. The zero-order valence-electron chi connectivity index (χ0n) is 13.6. The van der Waals surface area contributed by atoms with Gasteiger partial charge in [-0.15, -0.1) is 12.4 Å². The van der Waals surface area contributed by atoms with Crippen LogP contribution >= 0.6 is 12.4 Å². The Morgan fingerprint density at radius 2 is 2.22 bits per heavy atom. The molecular formula is C17H24ClN3O2. The third kappa shape index (κ3) is 4.24. The van der Waals surface area contributed by atoms with Crippen molar-refractivity contribution in [2.75, 3.05) is 20.2 Å². The molecule has 2 unspecified atom stereocenters. The second-order valence-corrected chi connectivity index (χ2v) is 6.00. The molecule has 1 aliphatic heterocycles. The molecule has 0 radical (unpaired) electrons. The van der Waals surface area contributed by atoms with Gasteiger partial charge in [-0.1, -0.05) is 24.2 Å². The van der Waals surface area contributed by atoms with E-state index >= 15 is 0 Å². The molecule has 23 heavy (non-hydrogen) atoms. The van der Waals surface area contributed by atoms with E-state index in [9.17, 15) is 0 Å². The van der Waals surface area contributed by atoms with Crippen molar-refractivity contribution in [3.63, 3.8) is 0 Å². The van der Waals surface area contributed by atoms with Gasteiger partial charge in [0.2, 0.25) is 11.7 Å². The fourth-order valence-electron chi connectivity index (χ4n) is 3.08. The monoisotopic (exact) mass is 337 g/mol. The molecule has 3 rings (SSSR count). The van der Waals surface area contributed by atoms with Crippen molar-refractivity contribution < 1.29 is 9.26 Å². The van der Waals surface area contributed by atoms with E-state index in [0.717, 1.165) is 30.8 Å². The minimum atomic E-state index is 0. The van der Waals surface area contributed by atoms with E-state index in [2.05, 4.69) is 22.4 Å². The maximum Gasteiger partial charge on any atom is 0.227 e.